The standard InChI is InChI=1S/C11H13BrO/c1-11(13)5-4-8-6-10(12)3-2-9(8)7-11/h2-3,6,13H,4-5,7H2,1H3. The highest BCUT2D eigenvalue weighted by Crippen LogP contribution is 2.29. The highest BCUT2D eigenvalue weighted by molar-refractivity contribution is 9.10. The number of hydrogen-bond donors (Lipinski definition) is 1. The van der Waals surface area contributed by atoms with Crippen molar-refractivity contribution in [3.63, 3.8) is 0 Å². The molecule has 1 aromatic carbocycles. The molecule has 1 nitrogen and oxygen atoms in total. The van der Waals surface area contributed by atoms with Crippen molar-refractivity contribution in [1.82, 2.24) is 0 Å². The largest absolute Gasteiger partial charge is 0.390 e. The lowest BCUT2D eigenvalue weighted by Gasteiger charge is -2.29. The summed E-state index contributed by atoms with van der Waals surface area (Å²) >= 11 is 3.46. The average Bonchev–Trinajstić information content (AvgIpc) is 2.05. The normalized spacial score (nSPS) is 27.0. The van der Waals surface area contributed by atoms with Gasteiger partial charge in [-0.15, -0.1) is 0 Å². The van der Waals surface area contributed by atoms with E-state index in [4.69, 9.17) is 0 Å². The number of aliphatic hydroxyl groups is 1. The van der Waals surface area contributed by atoms with Gasteiger partial charge in [0.15, 0.2) is 0 Å². The van der Waals surface area contributed by atoms with Gasteiger partial charge in [-0.3, -0.25) is 0 Å². The Bertz CT molecular complexity index is 331. The molecule has 0 saturated carbocycles. The van der Waals surface area contributed by atoms with Crippen molar-refractivity contribution in [3.05, 3.63) is 33.8 Å². The average molecular weight is 241 g/mol. The summed E-state index contributed by atoms with van der Waals surface area (Å²) in [4.78, 5) is 0. The van der Waals surface area contributed by atoms with Gasteiger partial charge >= 0.3 is 0 Å². The molecule has 1 N–H and O–H groups in total. The lowest BCUT2D eigenvalue weighted by atomic mass is 9.82. The van der Waals surface area contributed by atoms with Crippen LogP contribution in [-0.2, 0) is 12.8 Å². The number of rotatable bonds is 0. The highest BCUT2D eigenvalue weighted by Gasteiger charge is 2.26. The molecule has 1 aliphatic carbocycles. The van der Waals surface area contributed by atoms with E-state index >= 15 is 0 Å². The third kappa shape index (κ3) is 1.94. The summed E-state index contributed by atoms with van der Waals surface area (Å²) in [5, 5.41) is 9.88. The van der Waals surface area contributed by atoms with E-state index < -0.39 is 5.60 Å². The Morgan fingerprint density at radius 2 is 2.15 bits per heavy atom. The second-order valence-corrected chi connectivity index (χ2v) is 5.00. The fourth-order valence-electron chi connectivity index (χ4n) is 1.90. The molecular formula is C11H13BrO. The van der Waals surface area contributed by atoms with Crippen LogP contribution in [0.4, 0.5) is 0 Å². The predicted molar refractivity (Wildman–Crippen MR) is 56.8 cm³/mol. The maximum Gasteiger partial charge on any atom is 0.0663 e. The fourth-order valence-corrected chi connectivity index (χ4v) is 2.31. The maximum atomic E-state index is 9.88. The Labute approximate surface area is 86.9 Å². The minimum absolute atomic E-state index is 0.499. The zero-order valence-electron chi connectivity index (χ0n) is 7.68. The first-order valence-corrected chi connectivity index (χ1v) is 5.36. The minimum Gasteiger partial charge on any atom is -0.390 e. The second kappa shape index (κ2) is 3.10. The smallest absolute Gasteiger partial charge is 0.0663 e. The zero-order chi connectivity index (χ0) is 9.47. The van der Waals surface area contributed by atoms with Crippen molar-refractivity contribution in [3.8, 4) is 0 Å². The van der Waals surface area contributed by atoms with E-state index in [0.29, 0.717) is 0 Å². The number of fused-ring (bicyclic) bond motifs is 1. The van der Waals surface area contributed by atoms with Gasteiger partial charge in [-0.2, -0.15) is 0 Å². The topological polar surface area (TPSA) is 20.2 Å². The molecule has 0 bridgehead atoms. The van der Waals surface area contributed by atoms with Crippen LogP contribution in [0.15, 0.2) is 22.7 Å². The Hall–Kier alpha value is -0.340. The first-order chi connectivity index (χ1) is 6.07. The number of hydrogen-bond acceptors (Lipinski definition) is 1. The molecule has 0 aliphatic heterocycles. The molecule has 0 spiro atoms. The van der Waals surface area contributed by atoms with Gasteiger partial charge < -0.3 is 5.11 Å². The molecule has 0 heterocycles. The number of aryl methyl sites for hydroxylation is 1. The van der Waals surface area contributed by atoms with Crippen LogP contribution in [0.3, 0.4) is 0 Å². The van der Waals surface area contributed by atoms with Crippen LogP contribution in [0, 0.1) is 0 Å². The molecule has 2 heteroatoms. The minimum atomic E-state index is -0.499. The molecule has 1 aromatic rings. The highest BCUT2D eigenvalue weighted by atomic mass is 79.9. The molecule has 1 aliphatic rings. The lowest BCUT2D eigenvalue weighted by molar-refractivity contribution is 0.0458. The molecule has 1 unspecified atom stereocenters. The maximum absolute atomic E-state index is 9.88. The third-order valence-electron chi connectivity index (χ3n) is 2.67. The van der Waals surface area contributed by atoms with Gasteiger partial charge in [-0.25, -0.2) is 0 Å². The first-order valence-electron chi connectivity index (χ1n) is 4.56. The van der Waals surface area contributed by atoms with Crippen molar-refractivity contribution in [2.45, 2.75) is 31.8 Å². The van der Waals surface area contributed by atoms with E-state index in [0.717, 1.165) is 23.7 Å². The van der Waals surface area contributed by atoms with E-state index in [9.17, 15) is 5.11 Å². The van der Waals surface area contributed by atoms with Gasteiger partial charge in [-0.1, -0.05) is 22.0 Å². The van der Waals surface area contributed by atoms with Crippen LogP contribution in [0.1, 0.15) is 24.5 Å². The Morgan fingerprint density at radius 1 is 1.38 bits per heavy atom. The van der Waals surface area contributed by atoms with Crippen molar-refractivity contribution < 1.29 is 5.11 Å². The van der Waals surface area contributed by atoms with E-state index in [2.05, 4.69) is 28.1 Å². The Kier molecular flexibility index (Phi) is 2.20. The van der Waals surface area contributed by atoms with Crippen molar-refractivity contribution in [2.24, 2.45) is 0 Å². The van der Waals surface area contributed by atoms with Crippen molar-refractivity contribution in [1.29, 1.82) is 0 Å². The van der Waals surface area contributed by atoms with Gasteiger partial charge in [0.05, 0.1) is 5.60 Å². The molecule has 0 fully saturated rings. The molecule has 13 heavy (non-hydrogen) atoms. The van der Waals surface area contributed by atoms with Gasteiger partial charge in [0, 0.05) is 10.9 Å². The molecule has 0 radical (unpaired) electrons. The third-order valence-corrected chi connectivity index (χ3v) is 3.17. The van der Waals surface area contributed by atoms with Gasteiger partial charge in [0.25, 0.3) is 0 Å². The molecule has 2 rings (SSSR count). The summed E-state index contributed by atoms with van der Waals surface area (Å²) in [7, 11) is 0. The van der Waals surface area contributed by atoms with Crippen LogP contribution < -0.4 is 0 Å². The fraction of sp³-hybridized carbons (Fsp3) is 0.455. The first kappa shape index (κ1) is 9.22. The monoisotopic (exact) mass is 240 g/mol. The molecule has 0 saturated heterocycles. The summed E-state index contributed by atoms with van der Waals surface area (Å²) in [5.74, 6) is 0. The summed E-state index contributed by atoms with van der Waals surface area (Å²) in [6, 6.07) is 6.30. The summed E-state index contributed by atoms with van der Waals surface area (Å²) in [5.41, 5.74) is 2.17. The van der Waals surface area contributed by atoms with Crippen LogP contribution >= 0.6 is 15.9 Å². The van der Waals surface area contributed by atoms with Crippen LogP contribution in [0.2, 0.25) is 0 Å². The number of halogens is 1. The van der Waals surface area contributed by atoms with Gasteiger partial charge in [-0.05, 0) is 43.0 Å². The summed E-state index contributed by atoms with van der Waals surface area (Å²) < 4.78 is 1.13. The van der Waals surface area contributed by atoms with Crippen molar-refractivity contribution in [2.75, 3.05) is 0 Å². The quantitative estimate of drug-likeness (QED) is 0.740. The molecule has 70 valence electrons. The van der Waals surface area contributed by atoms with E-state index in [1.165, 1.54) is 11.1 Å². The number of benzene rings is 1. The molecule has 0 amide bonds. The summed E-state index contributed by atoms with van der Waals surface area (Å²) in [6.45, 7) is 1.91. The predicted octanol–water partition coefficient (Wildman–Crippen LogP) is 2.69. The van der Waals surface area contributed by atoms with E-state index in [1.54, 1.807) is 0 Å². The second-order valence-electron chi connectivity index (χ2n) is 4.09. The summed E-state index contributed by atoms with van der Waals surface area (Å²) in [6.07, 6.45) is 2.65. The van der Waals surface area contributed by atoms with Gasteiger partial charge in [0.2, 0.25) is 0 Å². The molecule has 1 atom stereocenters. The molecule has 0 aromatic heterocycles. The lowest BCUT2D eigenvalue weighted by Crippen LogP contribution is -2.31. The van der Waals surface area contributed by atoms with Crippen molar-refractivity contribution >= 4 is 15.9 Å². The van der Waals surface area contributed by atoms with Crippen LogP contribution in [-0.4, -0.2) is 10.7 Å². The van der Waals surface area contributed by atoms with E-state index in [-0.39, 0.29) is 0 Å². The zero-order valence-corrected chi connectivity index (χ0v) is 9.26. The van der Waals surface area contributed by atoms with Gasteiger partial charge in [0.1, 0.15) is 0 Å². The van der Waals surface area contributed by atoms with Crippen LogP contribution in [0.25, 0.3) is 0 Å². The van der Waals surface area contributed by atoms with E-state index in [1.807, 2.05) is 13.0 Å². The van der Waals surface area contributed by atoms with Crippen LogP contribution in [0.5, 0.6) is 0 Å². The SMILES string of the molecule is CC1(O)CCc2cc(Br)ccc2C1. The Morgan fingerprint density at radius 3 is 2.92 bits per heavy atom. The molecular weight excluding hydrogens is 228 g/mol. The Balaban J connectivity index is 2.37.